The van der Waals surface area contributed by atoms with Gasteiger partial charge in [0.15, 0.2) is 5.82 Å². The SMILES string of the molecule is Cc1ncc([N+](=O)[O-])n1C/C=C/NCCO. The van der Waals surface area contributed by atoms with Crippen LogP contribution in [0, 0.1) is 17.0 Å². The van der Waals surface area contributed by atoms with E-state index in [-0.39, 0.29) is 12.4 Å². The van der Waals surface area contributed by atoms with E-state index < -0.39 is 4.92 Å². The maximum atomic E-state index is 10.6. The summed E-state index contributed by atoms with van der Waals surface area (Å²) in [4.78, 5) is 14.1. The molecule has 0 radical (unpaired) electrons. The Morgan fingerprint density at radius 2 is 2.50 bits per heavy atom. The topological polar surface area (TPSA) is 93.2 Å². The van der Waals surface area contributed by atoms with Crippen LogP contribution in [0.4, 0.5) is 5.82 Å². The Balaban J connectivity index is 2.62. The van der Waals surface area contributed by atoms with Crippen molar-refractivity contribution < 1.29 is 10.0 Å². The maximum Gasteiger partial charge on any atom is 0.343 e. The van der Waals surface area contributed by atoms with Crippen LogP contribution in [0.15, 0.2) is 18.5 Å². The summed E-state index contributed by atoms with van der Waals surface area (Å²) in [5.74, 6) is 0.572. The molecular formula is C9H14N4O3. The Morgan fingerprint density at radius 3 is 3.12 bits per heavy atom. The van der Waals surface area contributed by atoms with Crippen LogP contribution in [0.3, 0.4) is 0 Å². The first-order valence-electron chi connectivity index (χ1n) is 4.82. The highest BCUT2D eigenvalue weighted by Gasteiger charge is 2.15. The number of allylic oxidation sites excluding steroid dienone is 1. The standard InChI is InChI=1S/C9H14N4O3/c1-8-11-7-9(13(15)16)12(8)5-2-3-10-4-6-14/h2-3,7,10,14H,4-6H2,1H3/b3-2+. The van der Waals surface area contributed by atoms with Crippen LogP contribution in [0.2, 0.25) is 0 Å². The van der Waals surface area contributed by atoms with Gasteiger partial charge in [-0.15, -0.1) is 0 Å². The van der Waals surface area contributed by atoms with Gasteiger partial charge in [-0.2, -0.15) is 0 Å². The van der Waals surface area contributed by atoms with E-state index in [1.807, 2.05) is 0 Å². The minimum Gasteiger partial charge on any atom is -0.395 e. The molecule has 0 aliphatic carbocycles. The van der Waals surface area contributed by atoms with Gasteiger partial charge in [-0.25, -0.2) is 9.55 Å². The number of aliphatic hydroxyl groups excluding tert-OH is 1. The Labute approximate surface area is 92.6 Å². The van der Waals surface area contributed by atoms with E-state index in [0.717, 1.165) is 0 Å². The Morgan fingerprint density at radius 1 is 1.75 bits per heavy atom. The summed E-state index contributed by atoms with van der Waals surface area (Å²) in [7, 11) is 0. The van der Waals surface area contributed by atoms with E-state index in [1.165, 1.54) is 10.8 Å². The van der Waals surface area contributed by atoms with Gasteiger partial charge in [0.2, 0.25) is 0 Å². The number of nitro groups is 1. The van der Waals surface area contributed by atoms with E-state index in [9.17, 15) is 10.1 Å². The van der Waals surface area contributed by atoms with Crippen molar-refractivity contribution in [2.75, 3.05) is 13.2 Å². The quantitative estimate of drug-likeness (QED) is 0.410. The van der Waals surface area contributed by atoms with E-state index in [4.69, 9.17) is 5.11 Å². The van der Waals surface area contributed by atoms with Crippen molar-refractivity contribution in [1.82, 2.24) is 14.9 Å². The van der Waals surface area contributed by atoms with Crippen molar-refractivity contribution in [3.8, 4) is 0 Å². The van der Waals surface area contributed by atoms with Crippen molar-refractivity contribution >= 4 is 5.82 Å². The molecule has 1 rings (SSSR count). The molecule has 0 saturated carbocycles. The largest absolute Gasteiger partial charge is 0.395 e. The van der Waals surface area contributed by atoms with Gasteiger partial charge < -0.3 is 20.5 Å². The lowest BCUT2D eigenvalue weighted by Gasteiger charge is -1.99. The molecule has 7 heteroatoms. The normalized spacial score (nSPS) is 10.9. The molecule has 0 spiro atoms. The third-order valence-corrected chi connectivity index (χ3v) is 2.00. The molecule has 7 nitrogen and oxygen atoms in total. The van der Waals surface area contributed by atoms with Crippen molar-refractivity contribution in [3.63, 3.8) is 0 Å². The average molecular weight is 226 g/mol. The van der Waals surface area contributed by atoms with Crippen LogP contribution in [-0.4, -0.2) is 32.7 Å². The number of aliphatic hydroxyl groups is 1. The molecule has 1 aromatic heterocycles. The summed E-state index contributed by atoms with van der Waals surface area (Å²) in [6, 6.07) is 0. The number of aromatic nitrogens is 2. The van der Waals surface area contributed by atoms with Gasteiger partial charge in [-0.05, 0) is 17.2 Å². The third kappa shape index (κ3) is 3.06. The van der Waals surface area contributed by atoms with Crippen LogP contribution in [-0.2, 0) is 6.54 Å². The number of aryl methyl sites for hydroxylation is 1. The van der Waals surface area contributed by atoms with Crippen LogP contribution in [0.5, 0.6) is 0 Å². The maximum absolute atomic E-state index is 10.6. The lowest BCUT2D eigenvalue weighted by Crippen LogP contribution is -2.11. The first-order chi connectivity index (χ1) is 7.66. The summed E-state index contributed by atoms with van der Waals surface area (Å²) in [5.41, 5.74) is 0. The molecule has 0 aliphatic heterocycles. The molecule has 0 saturated heterocycles. The van der Waals surface area contributed by atoms with Gasteiger partial charge in [-0.1, -0.05) is 0 Å². The van der Waals surface area contributed by atoms with Crippen molar-refractivity contribution in [3.05, 3.63) is 34.4 Å². The molecular weight excluding hydrogens is 212 g/mol. The third-order valence-electron chi connectivity index (χ3n) is 2.00. The molecule has 0 amide bonds. The Hall–Kier alpha value is -1.89. The molecule has 0 unspecified atom stereocenters. The zero-order chi connectivity index (χ0) is 12.0. The van der Waals surface area contributed by atoms with Gasteiger partial charge in [0.25, 0.3) is 0 Å². The van der Waals surface area contributed by atoms with Crippen LogP contribution in [0.1, 0.15) is 5.82 Å². The highest BCUT2D eigenvalue weighted by Crippen LogP contribution is 2.12. The van der Waals surface area contributed by atoms with Crippen molar-refractivity contribution in [2.24, 2.45) is 0 Å². The zero-order valence-electron chi connectivity index (χ0n) is 8.96. The monoisotopic (exact) mass is 226 g/mol. The van der Waals surface area contributed by atoms with E-state index >= 15 is 0 Å². The molecule has 0 atom stereocenters. The van der Waals surface area contributed by atoms with Crippen LogP contribution < -0.4 is 5.32 Å². The van der Waals surface area contributed by atoms with Gasteiger partial charge in [-0.3, -0.25) is 0 Å². The molecule has 0 aromatic carbocycles. The molecule has 88 valence electrons. The van der Waals surface area contributed by atoms with Gasteiger partial charge in [0.1, 0.15) is 12.7 Å². The molecule has 16 heavy (non-hydrogen) atoms. The Bertz CT molecular complexity index is 386. The van der Waals surface area contributed by atoms with E-state index in [2.05, 4.69) is 10.3 Å². The molecule has 2 N–H and O–H groups in total. The summed E-state index contributed by atoms with van der Waals surface area (Å²) in [6.45, 7) is 2.60. The van der Waals surface area contributed by atoms with Crippen LogP contribution >= 0.6 is 0 Å². The van der Waals surface area contributed by atoms with Gasteiger partial charge in [0.05, 0.1) is 6.61 Å². The smallest absolute Gasteiger partial charge is 0.343 e. The van der Waals surface area contributed by atoms with Crippen LogP contribution in [0.25, 0.3) is 0 Å². The minimum atomic E-state index is -0.463. The van der Waals surface area contributed by atoms with E-state index in [1.54, 1.807) is 19.2 Å². The number of nitrogens with one attached hydrogen (secondary N) is 1. The highest BCUT2D eigenvalue weighted by molar-refractivity contribution is 5.19. The van der Waals surface area contributed by atoms with E-state index in [0.29, 0.717) is 18.9 Å². The number of nitrogens with zero attached hydrogens (tertiary/aromatic N) is 3. The van der Waals surface area contributed by atoms with Gasteiger partial charge >= 0.3 is 5.82 Å². The molecule has 0 bridgehead atoms. The fourth-order valence-corrected chi connectivity index (χ4v) is 1.22. The average Bonchev–Trinajstić information content (AvgIpc) is 2.60. The molecule has 1 aromatic rings. The zero-order valence-corrected chi connectivity index (χ0v) is 8.96. The predicted octanol–water partition coefficient (Wildman–Crippen LogP) is 0.195. The molecule has 0 aliphatic rings. The summed E-state index contributed by atoms with van der Waals surface area (Å²) in [5, 5.41) is 22.0. The lowest BCUT2D eigenvalue weighted by atomic mass is 10.5. The lowest BCUT2D eigenvalue weighted by molar-refractivity contribution is -0.392. The fourth-order valence-electron chi connectivity index (χ4n) is 1.22. The van der Waals surface area contributed by atoms with Gasteiger partial charge in [0, 0.05) is 13.5 Å². The second kappa shape index (κ2) is 5.86. The second-order valence-electron chi connectivity index (χ2n) is 3.11. The minimum absolute atomic E-state index is 0.0238. The summed E-state index contributed by atoms with van der Waals surface area (Å²) in [6.07, 6.45) is 4.63. The van der Waals surface area contributed by atoms with Crippen molar-refractivity contribution in [2.45, 2.75) is 13.5 Å². The first kappa shape index (κ1) is 12.2. The number of rotatable bonds is 6. The van der Waals surface area contributed by atoms with Crippen molar-refractivity contribution in [1.29, 1.82) is 0 Å². The highest BCUT2D eigenvalue weighted by atomic mass is 16.6. The second-order valence-corrected chi connectivity index (χ2v) is 3.11. The fraction of sp³-hybridized carbons (Fsp3) is 0.444. The molecule has 0 fully saturated rings. The predicted molar refractivity (Wildman–Crippen MR) is 57.8 cm³/mol. The first-order valence-corrected chi connectivity index (χ1v) is 4.82. The number of hydrogen-bond donors (Lipinski definition) is 2. The summed E-state index contributed by atoms with van der Waals surface area (Å²) >= 11 is 0. The number of imidazole rings is 1. The Kier molecular flexibility index (Phi) is 4.46. The summed E-state index contributed by atoms with van der Waals surface area (Å²) < 4.78 is 1.50. The molecule has 1 heterocycles. The number of hydrogen-bond acceptors (Lipinski definition) is 5.